The lowest BCUT2D eigenvalue weighted by molar-refractivity contribution is 0.512. The molecule has 0 radical (unpaired) electrons. The zero-order valence-corrected chi connectivity index (χ0v) is 8.37. The molecule has 76 valence electrons. The first-order valence-corrected chi connectivity index (χ1v) is 5.25. The highest BCUT2D eigenvalue weighted by Gasteiger charge is 2.12. The Labute approximate surface area is 84.9 Å². The Hall–Kier alpha value is -0.930. The van der Waals surface area contributed by atoms with Crippen LogP contribution in [0.2, 0.25) is 0 Å². The molecule has 0 amide bonds. The maximum atomic E-state index is 3.99. The maximum Gasteiger partial charge on any atom is 0.0271 e. The van der Waals surface area contributed by atoms with E-state index in [2.05, 4.69) is 27.8 Å². The van der Waals surface area contributed by atoms with Crippen LogP contribution in [0.1, 0.15) is 12.0 Å². The summed E-state index contributed by atoms with van der Waals surface area (Å²) < 4.78 is 0. The van der Waals surface area contributed by atoms with Gasteiger partial charge in [0.05, 0.1) is 0 Å². The molecule has 1 aromatic heterocycles. The Kier molecular flexibility index (Phi) is 3.49. The third-order valence-electron chi connectivity index (χ3n) is 2.67. The molecule has 14 heavy (non-hydrogen) atoms. The van der Waals surface area contributed by atoms with Crippen molar-refractivity contribution in [3.63, 3.8) is 0 Å². The van der Waals surface area contributed by atoms with E-state index in [9.17, 15) is 0 Å². The molecule has 1 aromatic rings. The van der Waals surface area contributed by atoms with Gasteiger partial charge < -0.3 is 10.6 Å². The molecule has 0 bridgehead atoms. The molecular formula is C11H17N3. The topological polar surface area (TPSA) is 37.0 Å². The van der Waals surface area contributed by atoms with Crippen molar-refractivity contribution >= 4 is 0 Å². The van der Waals surface area contributed by atoms with Gasteiger partial charge in [0, 0.05) is 18.9 Å². The molecule has 2 heterocycles. The smallest absolute Gasteiger partial charge is 0.0271 e. The molecule has 1 aliphatic heterocycles. The van der Waals surface area contributed by atoms with E-state index < -0.39 is 0 Å². The first kappa shape index (κ1) is 9.62. The molecule has 1 unspecified atom stereocenters. The van der Waals surface area contributed by atoms with Crippen molar-refractivity contribution in [2.45, 2.75) is 13.0 Å². The number of nitrogens with zero attached hydrogens (tertiary/aromatic N) is 1. The summed E-state index contributed by atoms with van der Waals surface area (Å²) in [6, 6.07) is 4.11. The summed E-state index contributed by atoms with van der Waals surface area (Å²) in [7, 11) is 0. The van der Waals surface area contributed by atoms with Crippen LogP contribution in [-0.2, 0) is 6.54 Å². The fraction of sp³-hybridized carbons (Fsp3) is 0.545. The Morgan fingerprint density at radius 1 is 1.43 bits per heavy atom. The van der Waals surface area contributed by atoms with Gasteiger partial charge >= 0.3 is 0 Å². The van der Waals surface area contributed by atoms with Gasteiger partial charge in [-0.3, -0.25) is 4.98 Å². The number of rotatable bonds is 4. The van der Waals surface area contributed by atoms with Crippen molar-refractivity contribution in [3.05, 3.63) is 30.1 Å². The number of nitrogens with one attached hydrogen (secondary N) is 2. The van der Waals surface area contributed by atoms with Crippen LogP contribution in [0.25, 0.3) is 0 Å². The molecule has 1 saturated heterocycles. The van der Waals surface area contributed by atoms with Crippen molar-refractivity contribution in [1.29, 1.82) is 0 Å². The third-order valence-corrected chi connectivity index (χ3v) is 2.67. The molecule has 0 aromatic carbocycles. The van der Waals surface area contributed by atoms with Gasteiger partial charge in [-0.1, -0.05) is 0 Å². The highest BCUT2D eigenvalue weighted by Crippen LogP contribution is 2.05. The monoisotopic (exact) mass is 191 g/mol. The summed E-state index contributed by atoms with van der Waals surface area (Å²) in [5, 5.41) is 6.85. The maximum absolute atomic E-state index is 3.99. The lowest BCUT2D eigenvalue weighted by Gasteiger charge is -2.09. The Morgan fingerprint density at radius 3 is 3.00 bits per heavy atom. The van der Waals surface area contributed by atoms with Crippen LogP contribution in [0.5, 0.6) is 0 Å². The lowest BCUT2D eigenvalue weighted by Crippen LogP contribution is -2.23. The second-order valence-corrected chi connectivity index (χ2v) is 3.85. The summed E-state index contributed by atoms with van der Waals surface area (Å²) in [5.41, 5.74) is 1.31. The van der Waals surface area contributed by atoms with Gasteiger partial charge in [-0.25, -0.2) is 0 Å². The van der Waals surface area contributed by atoms with Gasteiger partial charge in [0.2, 0.25) is 0 Å². The molecule has 1 atom stereocenters. The molecule has 3 heteroatoms. The first-order valence-electron chi connectivity index (χ1n) is 5.25. The van der Waals surface area contributed by atoms with Gasteiger partial charge in [-0.2, -0.15) is 0 Å². The zero-order valence-electron chi connectivity index (χ0n) is 8.37. The summed E-state index contributed by atoms with van der Waals surface area (Å²) in [6.07, 6.45) is 4.99. The fourth-order valence-corrected chi connectivity index (χ4v) is 1.81. The van der Waals surface area contributed by atoms with E-state index in [0.29, 0.717) is 0 Å². The average molecular weight is 191 g/mol. The van der Waals surface area contributed by atoms with Crippen molar-refractivity contribution in [3.8, 4) is 0 Å². The lowest BCUT2D eigenvalue weighted by atomic mass is 10.1. The molecule has 1 aliphatic rings. The fourth-order valence-electron chi connectivity index (χ4n) is 1.81. The SMILES string of the molecule is c1cc(CNCC2CCNC2)ccn1. The molecule has 0 aliphatic carbocycles. The number of pyridine rings is 1. The largest absolute Gasteiger partial charge is 0.316 e. The number of hydrogen-bond donors (Lipinski definition) is 2. The van der Waals surface area contributed by atoms with Crippen LogP contribution in [-0.4, -0.2) is 24.6 Å². The van der Waals surface area contributed by atoms with Gasteiger partial charge in [-0.15, -0.1) is 0 Å². The highest BCUT2D eigenvalue weighted by molar-refractivity contribution is 5.08. The quantitative estimate of drug-likeness (QED) is 0.738. The van der Waals surface area contributed by atoms with Crippen LogP contribution in [0, 0.1) is 5.92 Å². The Morgan fingerprint density at radius 2 is 2.29 bits per heavy atom. The van der Waals surface area contributed by atoms with Gasteiger partial charge in [0.15, 0.2) is 0 Å². The molecular weight excluding hydrogens is 174 g/mol. The van der Waals surface area contributed by atoms with Gasteiger partial charge in [-0.05, 0) is 49.7 Å². The molecule has 0 saturated carbocycles. The molecule has 0 spiro atoms. The standard InChI is InChI=1S/C11H17N3/c1-4-12-5-2-10(1)7-14-9-11-3-6-13-8-11/h1-2,4-5,11,13-14H,3,6-9H2. The van der Waals surface area contributed by atoms with E-state index in [0.717, 1.165) is 19.0 Å². The summed E-state index contributed by atoms with van der Waals surface area (Å²) >= 11 is 0. The number of hydrogen-bond acceptors (Lipinski definition) is 3. The van der Waals surface area contributed by atoms with Crippen molar-refractivity contribution in [2.24, 2.45) is 5.92 Å². The predicted molar refractivity (Wildman–Crippen MR) is 56.9 cm³/mol. The van der Waals surface area contributed by atoms with E-state index >= 15 is 0 Å². The van der Waals surface area contributed by atoms with Crippen molar-refractivity contribution in [1.82, 2.24) is 15.6 Å². The van der Waals surface area contributed by atoms with E-state index in [-0.39, 0.29) is 0 Å². The Bertz CT molecular complexity index is 254. The second-order valence-electron chi connectivity index (χ2n) is 3.85. The van der Waals surface area contributed by atoms with Crippen LogP contribution >= 0.6 is 0 Å². The first-order chi connectivity index (χ1) is 6.95. The third kappa shape index (κ3) is 2.79. The normalized spacial score (nSPS) is 21.3. The van der Waals surface area contributed by atoms with Gasteiger partial charge in [0.1, 0.15) is 0 Å². The molecule has 3 nitrogen and oxygen atoms in total. The predicted octanol–water partition coefficient (Wildman–Crippen LogP) is 0.781. The summed E-state index contributed by atoms with van der Waals surface area (Å²) in [5.74, 6) is 0.817. The molecule has 2 N–H and O–H groups in total. The minimum Gasteiger partial charge on any atom is -0.316 e. The van der Waals surface area contributed by atoms with Crippen LogP contribution in [0.15, 0.2) is 24.5 Å². The van der Waals surface area contributed by atoms with E-state index in [1.54, 1.807) is 0 Å². The van der Waals surface area contributed by atoms with E-state index in [1.165, 1.54) is 25.1 Å². The second kappa shape index (κ2) is 5.08. The van der Waals surface area contributed by atoms with E-state index in [4.69, 9.17) is 0 Å². The molecule has 2 rings (SSSR count). The van der Waals surface area contributed by atoms with Crippen LogP contribution < -0.4 is 10.6 Å². The summed E-state index contributed by atoms with van der Waals surface area (Å²) in [6.45, 7) is 4.43. The summed E-state index contributed by atoms with van der Waals surface area (Å²) in [4.78, 5) is 3.99. The van der Waals surface area contributed by atoms with Crippen LogP contribution in [0.3, 0.4) is 0 Å². The van der Waals surface area contributed by atoms with Crippen molar-refractivity contribution in [2.75, 3.05) is 19.6 Å². The van der Waals surface area contributed by atoms with Crippen LogP contribution in [0.4, 0.5) is 0 Å². The van der Waals surface area contributed by atoms with E-state index in [1.807, 2.05) is 12.4 Å². The minimum absolute atomic E-state index is 0.817. The minimum atomic E-state index is 0.817. The van der Waals surface area contributed by atoms with Crippen molar-refractivity contribution < 1.29 is 0 Å². The zero-order chi connectivity index (χ0) is 9.64. The number of aromatic nitrogens is 1. The Balaban J connectivity index is 1.67. The molecule has 1 fully saturated rings. The highest BCUT2D eigenvalue weighted by atomic mass is 14.9. The average Bonchev–Trinajstić information content (AvgIpc) is 2.72. The van der Waals surface area contributed by atoms with Gasteiger partial charge in [0.25, 0.3) is 0 Å².